The van der Waals surface area contributed by atoms with E-state index in [1.807, 2.05) is 77.5 Å². The second-order valence-corrected chi connectivity index (χ2v) is 8.11. The number of carbonyl (C=O) groups is 2. The fraction of sp³-hybridized carbons (Fsp3) is 0.280. The minimum Gasteiger partial charge on any atom is -0.365 e. The fourth-order valence-electron chi connectivity index (χ4n) is 3.49. The highest BCUT2D eigenvalue weighted by Gasteiger charge is 2.17. The predicted molar refractivity (Wildman–Crippen MR) is 128 cm³/mol. The lowest BCUT2D eigenvalue weighted by molar-refractivity contribution is -0.130. The summed E-state index contributed by atoms with van der Waals surface area (Å²) in [6, 6.07) is 19.2. The molecule has 0 radical (unpaired) electrons. The Balaban J connectivity index is 1.75. The van der Waals surface area contributed by atoms with Gasteiger partial charge in [-0.05, 0) is 60.5 Å². The van der Waals surface area contributed by atoms with Gasteiger partial charge in [0.15, 0.2) is 5.78 Å². The second-order valence-electron chi connectivity index (χ2n) is 7.71. The van der Waals surface area contributed by atoms with Crippen LogP contribution in [0, 0.1) is 0 Å². The lowest BCUT2D eigenvalue weighted by Gasteiger charge is -2.27. The van der Waals surface area contributed by atoms with Gasteiger partial charge in [0.05, 0.1) is 6.54 Å². The number of anilines is 1. The molecule has 31 heavy (non-hydrogen) atoms. The van der Waals surface area contributed by atoms with Gasteiger partial charge in [0.25, 0.3) is 0 Å². The van der Waals surface area contributed by atoms with Crippen LogP contribution in [-0.2, 0) is 11.3 Å². The van der Waals surface area contributed by atoms with Crippen molar-refractivity contribution in [2.45, 2.75) is 19.9 Å². The Morgan fingerprint density at radius 2 is 1.71 bits per heavy atom. The molecule has 0 heterocycles. The molecule has 0 bridgehead atoms. The van der Waals surface area contributed by atoms with Crippen LogP contribution in [0.4, 0.5) is 5.69 Å². The van der Waals surface area contributed by atoms with Crippen LogP contribution in [0.3, 0.4) is 0 Å². The molecule has 5 nitrogen and oxygen atoms in total. The van der Waals surface area contributed by atoms with Crippen LogP contribution < -0.4 is 10.6 Å². The maximum Gasteiger partial charge on any atom is 0.242 e. The molecule has 6 heteroatoms. The van der Waals surface area contributed by atoms with Crippen molar-refractivity contribution in [1.29, 1.82) is 0 Å². The Bertz CT molecular complexity index is 1080. The van der Waals surface area contributed by atoms with Crippen LogP contribution in [0.5, 0.6) is 0 Å². The summed E-state index contributed by atoms with van der Waals surface area (Å²) in [6.07, 6.45) is 0.731. The average Bonchev–Trinajstić information content (AvgIpc) is 2.76. The Morgan fingerprint density at radius 3 is 2.42 bits per heavy atom. The summed E-state index contributed by atoms with van der Waals surface area (Å²) >= 11 is 6.30. The molecular formula is C25H28ClN3O2. The molecule has 0 spiro atoms. The van der Waals surface area contributed by atoms with E-state index in [9.17, 15) is 9.59 Å². The fourth-order valence-corrected chi connectivity index (χ4v) is 3.69. The largest absolute Gasteiger partial charge is 0.365 e. The highest BCUT2D eigenvalue weighted by molar-refractivity contribution is 6.31. The molecule has 162 valence electrons. The molecule has 3 rings (SSSR count). The van der Waals surface area contributed by atoms with Gasteiger partial charge in [0, 0.05) is 36.4 Å². The second kappa shape index (κ2) is 10.4. The highest BCUT2D eigenvalue weighted by atomic mass is 35.5. The number of hydrogen-bond acceptors (Lipinski definition) is 4. The summed E-state index contributed by atoms with van der Waals surface area (Å²) in [6.45, 7) is 3.37. The van der Waals surface area contributed by atoms with Gasteiger partial charge in [-0.3, -0.25) is 9.59 Å². The quantitative estimate of drug-likeness (QED) is 0.500. The van der Waals surface area contributed by atoms with E-state index in [4.69, 9.17) is 17.3 Å². The number of nitrogens with zero attached hydrogens (tertiary/aromatic N) is 2. The molecule has 0 aliphatic carbocycles. The molecule has 0 aliphatic rings. The zero-order valence-corrected chi connectivity index (χ0v) is 18.7. The van der Waals surface area contributed by atoms with Crippen LogP contribution in [-0.4, -0.2) is 43.3 Å². The number of nitrogens with two attached hydrogens (primary N) is 1. The van der Waals surface area contributed by atoms with Crippen molar-refractivity contribution in [2.75, 3.05) is 31.6 Å². The van der Waals surface area contributed by atoms with Crippen LogP contribution in [0.15, 0.2) is 60.7 Å². The van der Waals surface area contributed by atoms with Gasteiger partial charge in [-0.25, -0.2) is 0 Å². The van der Waals surface area contributed by atoms with Gasteiger partial charge < -0.3 is 15.5 Å². The van der Waals surface area contributed by atoms with Crippen LogP contribution in [0.2, 0.25) is 5.02 Å². The first kappa shape index (κ1) is 22.8. The third kappa shape index (κ3) is 5.84. The minimum atomic E-state index is 0.0166. The Morgan fingerprint density at radius 1 is 1.00 bits per heavy atom. The lowest BCUT2D eigenvalue weighted by atomic mass is 10.0. The van der Waals surface area contributed by atoms with E-state index in [1.54, 1.807) is 6.92 Å². The predicted octanol–water partition coefficient (Wildman–Crippen LogP) is 4.51. The summed E-state index contributed by atoms with van der Waals surface area (Å²) in [5, 5.41) is 2.68. The van der Waals surface area contributed by atoms with E-state index in [2.05, 4.69) is 0 Å². The van der Waals surface area contributed by atoms with Crippen molar-refractivity contribution in [1.82, 2.24) is 4.90 Å². The Kier molecular flexibility index (Phi) is 7.66. The smallest absolute Gasteiger partial charge is 0.242 e. The van der Waals surface area contributed by atoms with Crippen molar-refractivity contribution >= 4 is 39.8 Å². The molecule has 0 saturated heterocycles. The first-order chi connectivity index (χ1) is 14.9. The molecular weight excluding hydrogens is 410 g/mol. The normalized spacial score (nSPS) is 10.8. The van der Waals surface area contributed by atoms with Crippen molar-refractivity contribution < 1.29 is 9.59 Å². The minimum absolute atomic E-state index is 0.0166. The van der Waals surface area contributed by atoms with Gasteiger partial charge in [-0.15, -0.1) is 0 Å². The number of hydrogen-bond donors (Lipinski definition) is 1. The van der Waals surface area contributed by atoms with Crippen molar-refractivity contribution in [3.8, 4) is 0 Å². The monoisotopic (exact) mass is 437 g/mol. The SMILES string of the molecule is CC(=O)c1ccc2cc(N(C)CC(=O)N(CCCN)Cc3ccccc3Cl)ccc2c1. The summed E-state index contributed by atoms with van der Waals surface area (Å²) in [5.74, 6) is 0.0627. The number of ketones is 1. The Hall–Kier alpha value is -2.89. The lowest BCUT2D eigenvalue weighted by Crippen LogP contribution is -2.39. The van der Waals surface area contributed by atoms with E-state index < -0.39 is 0 Å². The maximum atomic E-state index is 13.1. The van der Waals surface area contributed by atoms with E-state index in [-0.39, 0.29) is 18.2 Å². The molecule has 0 saturated carbocycles. The molecule has 0 unspecified atom stereocenters. The molecule has 3 aromatic carbocycles. The number of amides is 1. The number of rotatable bonds is 9. The van der Waals surface area contributed by atoms with Crippen LogP contribution in [0.1, 0.15) is 29.3 Å². The van der Waals surface area contributed by atoms with E-state index in [0.717, 1.165) is 28.4 Å². The summed E-state index contributed by atoms with van der Waals surface area (Å²) in [7, 11) is 1.90. The third-order valence-corrected chi connectivity index (χ3v) is 5.72. The first-order valence-corrected chi connectivity index (χ1v) is 10.7. The van der Waals surface area contributed by atoms with Crippen molar-refractivity contribution in [3.63, 3.8) is 0 Å². The zero-order valence-electron chi connectivity index (χ0n) is 18.0. The highest BCUT2D eigenvalue weighted by Crippen LogP contribution is 2.23. The number of fused-ring (bicyclic) bond motifs is 1. The third-order valence-electron chi connectivity index (χ3n) is 5.35. The Labute approximate surface area is 188 Å². The van der Waals surface area contributed by atoms with Gasteiger partial charge in [-0.1, -0.05) is 48.0 Å². The molecule has 0 atom stereocenters. The van der Waals surface area contributed by atoms with Crippen LogP contribution in [0.25, 0.3) is 10.8 Å². The molecule has 3 aromatic rings. The first-order valence-electron chi connectivity index (χ1n) is 10.4. The molecule has 2 N–H and O–H groups in total. The molecule has 1 amide bonds. The average molecular weight is 438 g/mol. The number of likely N-dealkylation sites (N-methyl/N-ethyl adjacent to an activating group) is 1. The molecule has 0 fully saturated rings. The van der Waals surface area contributed by atoms with Gasteiger partial charge in [-0.2, -0.15) is 0 Å². The number of carbonyl (C=O) groups excluding carboxylic acids is 2. The zero-order chi connectivity index (χ0) is 22.4. The van der Waals surface area contributed by atoms with Gasteiger partial charge in [0.2, 0.25) is 5.91 Å². The van der Waals surface area contributed by atoms with Crippen molar-refractivity contribution in [3.05, 3.63) is 76.8 Å². The summed E-state index contributed by atoms with van der Waals surface area (Å²) in [4.78, 5) is 28.4. The van der Waals surface area contributed by atoms with Crippen molar-refractivity contribution in [2.24, 2.45) is 5.73 Å². The number of benzene rings is 3. The maximum absolute atomic E-state index is 13.1. The van der Waals surface area contributed by atoms with Crippen LogP contribution >= 0.6 is 11.6 Å². The van der Waals surface area contributed by atoms with E-state index >= 15 is 0 Å². The molecule has 0 aliphatic heterocycles. The molecule has 0 aromatic heterocycles. The summed E-state index contributed by atoms with van der Waals surface area (Å²) < 4.78 is 0. The number of halogens is 1. The number of Topliss-reactive ketones (excluding diaryl/α,β-unsaturated/α-hetero) is 1. The van der Waals surface area contributed by atoms with E-state index in [1.165, 1.54) is 0 Å². The standard InChI is InChI=1S/C25H28ClN3O2/c1-18(30)19-8-9-21-15-23(11-10-20(21)14-19)28(2)17-25(31)29(13-5-12-27)16-22-6-3-4-7-24(22)26/h3-4,6-11,14-15H,5,12-13,16-17,27H2,1-2H3. The van der Waals surface area contributed by atoms with Gasteiger partial charge >= 0.3 is 0 Å². The van der Waals surface area contributed by atoms with Gasteiger partial charge in [0.1, 0.15) is 0 Å². The topological polar surface area (TPSA) is 66.6 Å². The van der Waals surface area contributed by atoms with E-state index in [0.29, 0.717) is 30.2 Å². The summed E-state index contributed by atoms with van der Waals surface area (Å²) in [5.41, 5.74) is 8.23.